The number of furan rings is 1. The summed E-state index contributed by atoms with van der Waals surface area (Å²) in [4.78, 5) is 11.9. The highest BCUT2D eigenvalue weighted by Gasteiger charge is 2.16. The highest BCUT2D eigenvalue weighted by Crippen LogP contribution is 2.34. The molecule has 0 saturated heterocycles. The molecule has 0 fully saturated rings. The fourth-order valence-electron chi connectivity index (χ4n) is 2.27. The molecule has 1 amide bonds. The first-order valence-electron chi connectivity index (χ1n) is 7.66. The van der Waals surface area contributed by atoms with Crippen molar-refractivity contribution in [2.75, 3.05) is 0 Å². The highest BCUT2D eigenvalue weighted by atomic mass is 35.5. The zero-order valence-electron chi connectivity index (χ0n) is 13.4. The van der Waals surface area contributed by atoms with E-state index in [2.05, 4.69) is 10.5 Å². The number of hydrogen-bond donors (Lipinski definition) is 2. The molecule has 1 unspecified atom stereocenters. The van der Waals surface area contributed by atoms with Crippen molar-refractivity contribution in [3.05, 3.63) is 82.0 Å². The molecule has 1 heterocycles. The summed E-state index contributed by atoms with van der Waals surface area (Å²) in [6.07, 6.45) is 0.0307. The van der Waals surface area contributed by atoms with Gasteiger partial charge in [-0.1, -0.05) is 59.6 Å². The van der Waals surface area contributed by atoms with Gasteiger partial charge in [0.25, 0.3) is 5.91 Å². The topological polar surface area (TPSA) is 74.8 Å². The number of benzene rings is 2. The van der Waals surface area contributed by atoms with Gasteiger partial charge in [-0.25, -0.2) is 5.43 Å². The van der Waals surface area contributed by atoms with Gasteiger partial charge in [-0.15, -0.1) is 0 Å². The van der Waals surface area contributed by atoms with Crippen molar-refractivity contribution in [1.82, 2.24) is 5.43 Å². The number of aliphatic hydroxyl groups excluding tert-OH is 1. The number of halogens is 2. The molecule has 0 spiro atoms. The molecule has 0 radical (unpaired) electrons. The van der Waals surface area contributed by atoms with Crippen LogP contribution in [0.15, 0.2) is 70.2 Å². The smallest absolute Gasteiger partial charge is 0.273 e. The van der Waals surface area contributed by atoms with Crippen molar-refractivity contribution < 1.29 is 14.3 Å². The van der Waals surface area contributed by atoms with Gasteiger partial charge in [0.1, 0.15) is 11.5 Å². The third kappa shape index (κ3) is 4.14. The molecule has 3 aromatic rings. The molecule has 0 bridgehead atoms. The van der Waals surface area contributed by atoms with E-state index in [1.807, 2.05) is 0 Å². The number of rotatable bonds is 5. The fraction of sp³-hybridized carbons (Fsp3) is 0.0526. The van der Waals surface area contributed by atoms with Crippen LogP contribution in [-0.4, -0.2) is 17.2 Å². The summed E-state index contributed by atoms with van der Waals surface area (Å²) in [5, 5.41) is 14.6. The summed E-state index contributed by atoms with van der Waals surface area (Å²) in [7, 11) is 0. The summed E-state index contributed by atoms with van der Waals surface area (Å²) in [6.45, 7) is 0. The predicted molar refractivity (Wildman–Crippen MR) is 101 cm³/mol. The van der Waals surface area contributed by atoms with E-state index in [0.29, 0.717) is 32.7 Å². The van der Waals surface area contributed by atoms with Crippen LogP contribution < -0.4 is 5.43 Å². The lowest BCUT2D eigenvalue weighted by Crippen LogP contribution is -2.25. The standard InChI is InChI=1S/C19H14Cl2N2O3/c20-15-8-4-7-14(17(15)21)16-10-9-13(26-16)11-22-23-19(25)18(24)12-5-2-1-3-6-12/h1-11,18,24H,(H,23,25)/b22-11+. The van der Waals surface area contributed by atoms with Crippen molar-refractivity contribution in [2.45, 2.75) is 6.10 Å². The Morgan fingerprint density at radius 2 is 1.85 bits per heavy atom. The molecular weight excluding hydrogens is 375 g/mol. The second kappa shape index (κ2) is 8.19. The van der Waals surface area contributed by atoms with Crippen LogP contribution in [0.1, 0.15) is 17.4 Å². The Kier molecular flexibility index (Phi) is 5.73. The first-order valence-corrected chi connectivity index (χ1v) is 8.42. The van der Waals surface area contributed by atoms with Gasteiger partial charge in [0.05, 0.1) is 16.3 Å². The number of nitrogens with zero attached hydrogens (tertiary/aromatic N) is 1. The van der Waals surface area contributed by atoms with Crippen molar-refractivity contribution in [3.8, 4) is 11.3 Å². The second-order valence-corrected chi connectivity index (χ2v) is 6.14. The van der Waals surface area contributed by atoms with Crippen molar-refractivity contribution >= 4 is 35.3 Å². The lowest BCUT2D eigenvalue weighted by Gasteiger charge is -2.08. The van der Waals surface area contributed by atoms with Gasteiger partial charge in [0, 0.05) is 5.56 Å². The molecule has 7 heteroatoms. The van der Waals surface area contributed by atoms with Crippen LogP contribution in [0, 0.1) is 0 Å². The van der Waals surface area contributed by atoms with Crippen LogP contribution in [0.4, 0.5) is 0 Å². The molecule has 1 aromatic heterocycles. The number of amides is 1. The summed E-state index contributed by atoms with van der Waals surface area (Å²) >= 11 is 12.2. The second-order valence-electron chi connectivity index (χ2n) is 5.35. The summed E-state index contributed by atoms with van der Waals surface area (Å²) < 4.78 is 5.63. The summed E-state index contributed by atoms with van der Waals surface area (Å²) in [5.41, 5.74) is 3.41. The fourth-order valence-corrected chi connectivity index (χ4v) is 2.66. The zero-order valence-corrected chi connectivity index (χ0v) is 14.9. The summed E-state index contributed by atoms with van der Waals surface area (Å²) in [5.74, 6) is 0.289. The van der Waals surface area contributed by atoms with Crippen LogP contribution in [0.5, 0.6) is 0 Å². The largest absolute Gasteiger partial charge is 0.455 e. The molecule has 5 nitrogen and oxygen atoms in total. The van der Waals surface area contributed by atoms with Crippen LogP contribution in [-0.2, 0) is 4.79 Å². The van der Waals surface area contributed by atoms with E-state index in [0.717, 1.165) is 0 Å². The Balaban J connectivity index is 1.66. The van der Waals surface area contributed by atoms with Gasteiger partial charge in [-0.3, -0.25) is 4.79 Å². The Bertz CT molecular complexity index is 939. The number of aliphatic hydroxyl groups is 1. The van der Waals surface area contributed by atoms with E-state index in [1.165, 1.54) is 6.21 Å². The monoisotopic (exact) mass is 388 g/mol. The lowest BCUT2D eigenvalue weighted by atomic mass is 10.1. The van der Waals surface area contributed by atoms with Crippen LogP contribution in [0.2, 0.25) is 10.0 Å². The molecule has 0 aliphatic rings. The van der Waals surface area contributed by atoms with E-state index in [1.54, 1.807) is 60.7 Å². The van der Waals surface area contributed by atoms with Crippen LogP contribution in [0.25, 0.3) is 11.3 Å². The molecule has 3 rings (SSSR count). The average molecular weight is 389 g/mol. The normalized spacial score (nSPS) is 12.3. The number of carbonyl (C=O) groups is 1. The van der Waals surface area contributed by atoms with Crippen molar-refractivity contribution in [2.24, 2.45) is 5.10 Å². The van der Waals surface area contributed by atoms with Crippen molar-refractivity contribution in [3.63, 3.8) is 0 Å². The van der Waals surface area contributed by atoms with Gasteiger partial charge in [-0.05, 0) is 29.8 Å². The number of hydrazone groups is 1. The predicted octanol–water partition coefficient (Wildman–Crippen LogP) is 4.44. The molecule has 132 valence electrons. The first-order chi connectivity index (χ1) is 12.6. The Hall–Kier alpha value is -2.60. The number of nitrogens with one attached hydrogen (secondary N) is 1. The molecule has 0 aliphatic carbocycles. The van der Waals surface area contributed by atoms with E-state index in [-0.39, 0.29) is 0 Å². The molecule has 1 atom stereocenters. The van der Waals surface area contributed by atoms with Gasteiger partial charge in [-0.2, -0.15) is 5.10 Å². The Morgan fingerprint density at radius 3 is 2.62 bits per heavy atom. The Labute approximate surface area is 159 Å². The van der Waals surface area contributed by atoms with E-state index in [9.17, 15) is 9.90 Å². The molecule has 0 saturated carbocycles. The minimum atomic E-state index is -1.30. The van der Waals surface area contributed by atoms with Gasteiger partial charge >= 0.3 is 0 Å². The number of carbonyl (C=O) groups excluding carboxylic acids is 1. The minimum absolute atomic E-state index is 0.395. The molecule has 26 heavy (non-hydrogen) atoms. The quantitative estimate of drug-likeness (QED) is 0.501. The van der Waals surface area contributed by atoms with E-state index in [4.69, 9.17) is 27.6 Å². The maximum atomic E-state index is 11.9. The van der Waals surface area contributed by atoms with Crippen LogP contribution in [0.3, 0.4) is 0 Å². The van der Waals surface area contributed by atoms with Crippen molar-refractivity contribution in [1.29, 1.82) is 0 Å². The first kappa shape index (κ1) is 18.2. The molecule has 2 N–H and O–H groups in total. The minimum Gasteiger partial charge on any atom is -0.455 e. The number of hydrogen-bond acceptors (Lipinski definition) is 4. The summed E-state index contributed by atoms with van der Waals surface area (Å²) in [6, 6.07) is 17.2. The third-order valence-electron chi connectivity index (χ3n) is 3.57. The average Bonchev–Trinajstić information content (AvgIpc) is 3.12. The Morgan fingerprint density at radius 1 is 1.08 bits per heavy atom. The molecular formula is C19H14Cl2N2O3. The maximum absolute atomic E-state index is 11.9. The SMILES string of the molecule is O=C(N/N=C/c1ccc(-c2cccc(Cl)c2Cl)o1)C(O)c1ccccc1. The van der Waals surface area contributed by atoms with E-state index >= 15 is 0 Å². The zero-order chi connectivity index (χ0) is 18.5. The highest BCUT2D eigenvalue weighted by molar-refractivity contribution is 6.43. The maximum Gasteiger partial charge on any atom is 0.273 e. The third-order valence-corrected chi connectivity index (χ3v) is 4.39. The molecule has 0 aliphatic heterocycles. The lowest BCUT2D eigenvalue weighted by molar-refractivity contribution is -0.129. The van der Waals surface area contributed by atoms with Gasteiger partial charge in [0.15, 0.2) is 6.10 Å². The van der Waals surface area contributed by atoms with Crippen LogP contribution >= 0.6 is 23.2 Å². The molecule has 2 aromatic carbocycles. The van der Waals surface area contributed by atoms with Gasteiger partial charge in [0.2, 0.25) is 0 Å². The van der Waals surface area contributed by atoms with E-state index < -0.39 is 12.0 Å². The van der Waals surface area contributed by atoms with Gasteiger partial charge < -0.3 is 9.52 Å².